The number of aliphatic hydroxyl groups is 1. The molecule has 1 atom stereocenters. The minimum absolute atomic E-state index is 0.00265. The average Bonchev–Trinajstić information content (AvgIpc) is 4.02. The van der Waals surface area contributed by atoms with Gasteiger partial charge in [-0.25, -0.2) is 4.79 Å². The van der Waals surface area contributed by atoms with E-state index in [-0.39, 0.29) is 28.6 Å². The lowest BCUT2D eigenvalue weighted by molar-refractivity contribution is -0.169. The van der Waals surface area contributed by atoms with E-state index in [1.54, 1.807) is 24.3 Å². The molecule has 4 N–H and O–H groups in total. The van der Waals surface area contributed by atoms with Crippen LogP contribution in [0.5, 0.6) is 5.75 Å². The molecule has 0 unspecified atom stereocenters. The third kappa shape index (κ3) is 9.46. The topological polar surface area (TPSA) is 129 Å². The molecule has 10 nitrogen and oxygen atoms in total. The maximum Gasteiger partial charge on any atom is 0.349 e. The Bertz CT molecular complexity index is 2360. The summed E-state index contributed by atoms with van der Waals surface area (Å²) in [5.41, 5.74) is 1.74. The third-order valence-electron chi connectivity index (χ3n) is 12.5. The zero-order chi connectivity index (χ0) is 42.0. The number of aromatic hydroxyl groups is 1. The number of nitrogens with zero attached hydrogens (tertiary/aromatic N) is 2. The van der Waals surface area contributed by atoms with Crippen molar-refractivity contribution in [3.63, 3.8) is 0 Å². The Balaban J connectivity index is 0.910. The molecule has 1 aliphatic rings. The Labute approximate surface area is 355 Å². The number of rotatable bonds is 16. The molecule has 4 aromatic heterocycles. The van der Waals surface area contributed by atoms with Crippen molar-refractivity contribution in [2.75, 3.05) is 20.1 Å². The molecule has 2 aromatic carbocycles. The number of phenols is 1. The first-order valence-corrected chi connectivity index (χ1v) is 25.3. The summed E-state index contributed by atoms with van der Waals surface area (Å²) in [5.74, 6) is -0.537. The number of carbonyl (C=O) groups is 1. The predicted octanol–water partition coefficient (Wildman–Crippen LogP) is 9.28. The van der Waals surface area contributed by atoms with Crippen molar-refractivity contribution in [1.29, 1.82) is 0 Å². The Morgan fingerprint density at radius 3 is 2.37 bits per heavy atom. The molecule has 0 radical (unpaired) electrons. The molecule has 7 rings (SSSR count). The fraction of sp³-hybridized carbons (Fsp3) is 0.435. The number of aromatic nitrogens is 2. The number of benzene rings is 2. The van der Waals surface area contributed by atoms with Crippen LogP contribution < -0.4 is 10.9 Å². The minimum atomic E-state index is -2.19. The van der Waals surface area contributed by atoms with Gasteiger partial charge in [0.05, 0.1) is 21.4 Å². The van der Waals surface area contributed by atoms with Crippen LogP contribution in [0.1, 0.15) is 79.9 Å². The van der Waals surface area contributed by atoms with Crippen LogP contribution in [0.3, 0.4) is 0 Å². The Morgan fingerprint density at radius 2 is 1.71 bits per heavy atom. The molecule has 0 saturated heterocycles. The Kier molecular flexibility index (Phi) is 13.0. The first-order valence-electron chi connectivity index (χ1n) is 20.7. The summed E-state index contributed by atoms with van der Waals surface area (Å²) in [6.45, 7) is 14.3. The van der Waals surface area contributed by atoms with Crippen molar-refractivity contribution in [1.82, 2.24) is 19.8 Å². The summed E-state index contributed by atoms with van der Waals surface area (Å²) in [5, 5.41) is 31.6. The number of hydrogen-bond acceptors (Lipinski definition) is 10. The summed E-state index contributed by atoms with van der Waals surface area (Å²) in [6.07, 6.45) is 6.18. The van der Waals surface area contributed by atoms with Crippen LogP contribution in [0.4, 0.5) is 0 Å². The molecule has 4 heterocycles. The van der Waals surface area contributed by atoms with E-state index in [4.69, 9.17) is 9.16 Å². The number of fused-ring (bicyclic) bond motifs is 2. The molecular formula is C46H58N4O6S2Si. The van der Waals surface area contributed by atoms with Crippen LogP contribution in [0.25, 0.3) is 21.8 Å². The van der Waals surface area contributed by atoms with E-state index < -0.39 is 19.9 Å². The van der Waals surface area contributed by atoms with Gasteiger partial charge in [-0.1, -0.05) is 45.0 Å². The number of thiophene rings is 2. The van der Waals surface area contributed by atoms with Gasteiger partial charge in [-0.05, 0) is 134 Å². The minimum Gasteiger partial charge on any atom is -0.506 e. The van der Waals surface area contributed by atoms with Crippen LogP contribution in [0.15, 0.2) is 94.5 Å². The van der Waals surface area contributed by atoms with Crippen molar-refractivity contribution < 1.29 is 24.2 Å². The van der Waals surface area contributed by atoms with Gasteiger partial charge in [-0.15, -0.1) is 22.7 Å². The molecule has 59 heavy (non-hydrogen) atoms. The van der Waals surface area contributed by atoms with Gasteiger partial charge in [-0.2, -0.15) is 0 Å². The molecule has 1 saturated carbocycles. The van der Waals surface area contributed by atoms with Gasteiger partial charge >= 0.3 is 5.97 Å². The van der Waals surface area contributed by atoms with E-state index in [0.29, 0.717) is 34.4 Å². The van der Waals surface area contributed by atoms with E-state index in [2.05, 4.69) is 91.1 Å². The largest absolute Gasteiger partial charge is 0.506 e. The third-order valence-corrected chi connectivity index (χ3v) is 18.9. The van der Waals surface area contributed by atoms with Crippen molar-refractivity contribution in [2.24, 2.45) is 0 Å². The SMILES string of the molecule is CN(CCCn1ccc2cc(CNC[C@H](O[Si](C)(C)C(C)(C)C)c3ccc(O)c4[nH]c(=O)ccc34)ccc21)C1CCC(OC(=O)C(O)(c2cccs2)c2cccs2)CC1. The number of ether oxygens (including phenoxy) is 1. The van der Waals surface area contributed by atoms with Crippen LogP contribution >= 0.6 is 22.7 Å². The van der Waals surface area contributed by atoms with Crippen LogP contribution in [-0.2, 0) is 32.6 Å². The van der Waals surface area contributed by atoms with E-state index in [0.717, 1.165) is 56.1 Å². The number of esters is 1. The van der Waals surface area contributed by atoms with Crippen LogP contribution in [0, 0.1) is 0 Å². The molecular weight excluding hydrogens is 797 g/mol. The fourth-order valence-corrected chi connectivity index (χ4v) is 11.0. The van der Waals surface area contributed by atoms with Gasteiger partial charge in [0.15, 0.2) is 8.32 Å². The number of pyridine rings is 1. The van der Waals surface area contributed by atoms with Crippen molar-refractivity contribution in [3.8, 4) is 5.75 Å². The highest BCUT2D eigenvalue weighted by Crippen LogP contribution is 2.42. The van der Waals surface area contributed by atoms with E-state index >= 15 is 0 Å². The molecule has 1 aliphatic carbocycles. The first kappa shape index (κ1) is 43.0. The number of nitrogens with one attached hydrogen (secondary N) is 2. The number of aryl methyl sites for hydroxylation is 1. The highest BCUT2D eigenvalue weighted by atomic mass is 32.1. The monoisotopic (exact) mass is 854 g/mol. The summed E-state index contributed by atoms with van der Waals surface area (Å²) >= 11 is 2.73. The Hall–Kier alpha value is -4.08. The molecule has 314 valence electrons. The zero-order valence-corrected chi connectivity index (χ0v) is 37.6. The van der Waals surface area contributed by atoms with Gasteiger partial charge < -0.3 is 39.1 Å². The van der Waals surface area contributed by atoms with Gasteiger partial charge in [0.2, 0.25) is 11.2 Å². The molecule has 1 fully saturated rings. The summed E-state index contributed by atoms with van der Waals surface area (Å²) in [7, 11) is 0.00995. The molecule has 13 heteroatoms. The van der Waals surface area contributed by atoms with Crippen LogP contribution in [0.2, 0.25) is 18.1 Å². The number of H-pyrrole nitrogens is 1. The fourth-order valence-electron chi connectivity index (χ4n) is 7.99. The predicted molar refractivity (Wildman–Crippen MR) is 242 cm³/mol. The molecule has 0 amide bonds. The summed E-state index contributed by atoms with van der Waals surface area (Å²) < 4.78 is 15.3. The maximum absolute atomic E-state index is 13.5. The second-order valence-electron chi connectivity index (χ2n) is 17.5. The quantitative estimate of drug-likeness (QED) is 0.0561. The van der Waals surface area contributed by atoms with Crippen LogP contribution in [-0.4, -0.2) is 71.2 Å². The van der Waals surface area contributed by atoms with E-state index in [1.807, 2.05) is 29.0 Å². The van der Waals surface area contributed by atoms with Crippen molar-refractivity contribution >= 4 is 58.8 Å². The highest BCUT2D eigenvalue weighted by Gasteiger charge is 2.45. The second kappa shape index (κ2) is 17.9. The first-order chi connectivity index (χ1) is 28.1. The normalized spacial score (nSPS) is 17.2. The number of carbonyl (C=O) groups excluding carboxylic acids is 1. The standard InChI is InChI=1S/C46H58N4O6S2Si/c1-45(2,3)59(5,6)56-39(35-17-20-38(51)43-36(35)18-21-42(52)48-43)30-47-29-31-12-19-37-32(28-31)22-25-50(37)24-9-23-49(4)33-13-15-34(16-14-33)55-44(53)46(54,40-10-7-26-57-40)41-11-8-27-58-41/h7-8,10-12,17-22,25-28,33-34,39,47,51,54H,9,13-16,23-24,29-30H2,1-6H3,(H,48,52)/t33?,34?,39-/m0/s1. The Morgan fingerprint density at radius 1 is 1.00 bits per heavy atom. The van der Waals surface area contributed by atoms with E-state index in [1.165, 1.54) is 45.2 Å². The zero-order valence-electron chi connectivity index (χ0n) is 35.0. The lowest BCUT2D eigenvalue weighted by Gasteiger charge is -2.39. The number of hydrogen-bond donors (Lipinski definition) is 4. The number of phenolic OH excluding ortho intramolecular Hbond substituents is 1. The number of aromatic amines is 1. The molecule has 0 spiro atoms. The summed E-state index contributed by atoms with van der Waals surface area (Å²) in [6, 6.07) is 23.4. The van der Waals surface area contributed by atoms with Crippen molar-refractivity contribution in [2.45, 2.75) is 108 Å². The average molecular weight is 855 g/mol. The second-order valence-corrected chi connectivity index (χ2v) is 24.2. The highest BCUT2D eigenvalue weighted by molar-refractivity contribution is 7.12. The van der Waals surface area contributed by atoms with Crippen molar-refractivity contribution in [3.05, 3.63) is 121 Å². The van der Waals surface area contributed by atoms with Gasteiger partial charge in [0.1, 0.15) is 11.9 Å². The molecule has 6 aromatic rings. The molecule has 0 aliphatic heterocycles. The summed E-state index contributed by atoms with van der Waals surface area (Å²) in [4.78, 5) is 32.0. The van der Waals surface area contributed by atoms with E-state index in [9.17, 15) is 19.8 Å². The van der Waals surface area contributed by atoms with Gasteiger partial charge in [0.25, 0.3) is 0 Å². The lowest BCUT2D eigenvalue weighted by Crippen LogP contribution is -2.43. The van der Waals surface area contributed by atoms with Gasteiger partial charge in [-0.3, -0.25) is 4.79 Å². The maximum atomic E-state index is 13.5. The van der Waals surface area contributed by atoms with Gasteiger partial charge in [0, 0.05) is 48.8 Å². The lowest BCUT2D eigenvalue weighted by atomic mass is 9.91. The smallest absolute Gasteiger partial charge is 0.349 e. The molecule has 0 bridgehead atoms.